The fraction of sp³-hybridized carbons (Fsp3) is 0. The highest BCUT2D eigenvalue weighted by Gasteiger charge is 2.07. The molecule has 2 aromatic heterocycles. The molecule has 0 saturated heterocycles. The number of nitrogens with zero attached hydrogens (tertiary/aromatic N) is 3. The molecule has 5 heteroatoms. The van der Waals surface area contributed by atoms with Crippen LogP contribution in [0, 0.1) is 5.51 Å². The molecule has 0 aliphatic rings. The second-order valence-corrected chi connectivity index (χ2v) is 4.23. The molecule has 0 unspecified atom stereocenters. The van der Waals surface area contributed by atoms with Crippen molar-refractivity contribution in [3.05, 3.63) is 41.0 Å². The Labute approximate surface area is 95.0 Å². The van der Waals surface area contributed by atoms with Gasteiger partial charge in [0.05, 0.1) is 11.9 Å². The molecule has 3 nitrogen and oxygen atoms in total. The minimum atomic E-state index is 0.726. The molecule has 15 heavy (non-hydrogen) atoms. The summed E-state index contributed by atoms with van der Waals surface area (Å²) in [4.78, 5) is 5.08. The maximum Gasteiger partial charge on any atom is 0.213 e. The molecule has 0 saturated carbocycles. The second kappa shape index (κ2) is 3.32. The van der Waals surface area contributed by atoms with E-state index in [1.165, 1.54) is 11.3 Å². The van der Waals surface area contributed by atoms with Crippen LogP contribution in [0.25, 0.3) is 16.2 Å². The first-order chi connectivity index (χ1) is 7.34. The second-order valence-electron chi connectivity index (χ2n) is 3.04. The van der Waals surface area contributed by atoms with Crippen LogP contribution >= 0.6 is 22.9 Å². The zero-order valence-electron chi connectivity index (χ0n) is 7.51. The molecule has 0 N–H and O–H groups in total. The largest absolute Gasteiger partial charge is 0.225 e. The van der Waals surface area contributed by atoms with Crippen LogP contribution in [0.1, 0.15) is 0 Å². The number of imidazole rings is 1. The normalized spacial score (nSPS) is 11.0. The topological polar surface area (TPSA) is 30.2 Å². The van der Waals surface area contributed by atoms with E-state index in [1.54, 1.807) is 10.7 Å². The summed E-state index contributed by atoms with van der Waals surface area (Å²) in [5.41, 5.74) is 4.81. The molecule has 0 spiro atoms. The molecule has 1 aromatic carbocycles. The van der Waals surface area contributed by atoms with E-state index in [9.17, 15) is 0 Å². The van der Waals surface area contributed by atoms with Gasteiger partial charge in [-0.25, -0.2) is 9.50 Å². The lowest BCUT2D eigenvalue weighted by Gasteiger charge is -1.97. The van der Waals surface area contributed by atoms with Gasteiger partial charge < -0.3 is 0 Å². The Morgan fingerprint density at radius 2 is 2.07 bits per heavy atom. The van der Waals surface area contributed by atoms with E-state index in [2.05, 4.69) is 15.6 Å². The first-order valence-corrected chi connectivity index (χ1v) is 5.50. The summed E-state index contributed by atoms with van der Waals surface area (Å²) >= 11 is 7.22. The molecule has 0 aliphatic heterocycles. The van der Waals surface area contributed by atoms with Crippen molar-refractivity contribution in [2.75, 3.05) is 0 Å². The van der Waals surface area contributed by atoms with Gasteiger partial charge in [0.2, 0.25) is 4.96 Å². The molecule has 73 valence electrons. The number of aromatic nitrogens is 3. The molecule has 3 aromatic rings. The number of hydrogen-bond acceptors (Lipinski definition) is 3. The van der Waals surface area contributed by atoms with Gasteiger partial charge in [-0.2, -0.15) is 5.10 Å². The summed E-state index contributed by atoms with van der Waals surface area (Å²) in [5, 5.41) is 4.82. The van der Waals surface area contributed by atoms with Gasteiger partial charge in [-0.15, -0.1) is 0 Å². The molecule has 0 bridgehead atoms. The lowest BCUT2D eigenvalue weighted by Crippen LogP contribution is -1.86. The van der Waals surface area contributed by atoms with E-state index in [4.69, 9.17) is 11.6 Å². The lowest BCUT2D eigenvalue weighted by atomic mass is 10.2. The van der Waals surface area contributed by atoms with E-state index < -0.39 is 0 Å². The van der Waals surface area contributed by atoms with Crippen molar-refractivity contribution in [1.29, 1.82) is 0 Å². The molecular formula is C10H5ClN3S. The summed E-state index contributed by atoms with van der Waals surface area (Å²) in [7, 11) is 0. The van der Waals surface area contributed by atoms with Crippen LogP contribution in [0.5, 0.6) is 0 Å². The average molecular weight is 235 g/mol. The van der Waals surface area contributed by atoms with E-state index >= 15 is 0 Å². The number of benzene rings is 1. The van der Waals surface area contributed by atoms with Crippen molar-refractivity contribution in [3.8, 4) is 11.3 Å². The van der Waals surface area contributed by atoms with Crippen LogP contribution in [-0.2, 0) is 0 Å². The first kappa shape index (κ1) is 8.88. The lowest BCUT2D eigenvalue weighted by molar-refractivity contribution is 0.976. The molecule has 1 radical (unpaired) electrons. The molecular weight excluding hydrogens is 230 g/mol. The van der Waals surface area contributed by atoms with Crippen molar-refractivity contribution < 1.29 is 0 Å². The highest BCUT2D eigenvalue weighted by molar-refractivity contribution is 7.14. The van der Waals surface area contributed by atoms with Crippen molar-refractivity contribution in [3.63, 3.8) is 0 Å². The highest BCUT2D eigenvalue weighted by Crippen LogP contribution is 2.22. The highest BCUT2D eigenvalue weighted by atomic mass is 35.5. The van der Waals surface area contributed by atoms with Gasteiger partial charge in [-0.3, -0.25) is 0 Å². The third-order valence-electron chi connectivity index (χ3n) is 2.12. The summed E-state index contributed by atoms with van der Waals surface area (Å²) < 4.78 is 1.77. The predicted molar refractivity (Wildman–Crippen MR) is 60.1 cm³/mol. The van der Waals surface area contributed by atoms with Gasteiger partial charge >= 0.3 is 0 Å². The Morgan fingerprint density at radius 1 is 1.27 bits per heavy atom. The van der Waals surface area contributed by atoms with Crippen molar-refractivity contribution >= 4 is 27.9 Å². The molecule has 0 amide bonds. The quantitative estimate of drug-likeness (QED) is 0.648. The summed E-state index contributed by atoms with van der Waals surface area (Å²) in [6.45, 7) is 0. The Kier molecular flexibility index (Phi) is 1.97. The van der Waals surface area contributed by atoms with Crippen LogP contribution < -0.4 is 0 Å². The van der Waals surface area contributed by atoms with E-state index in [0.29, 0.717) is 0 Å². The van der Waals surface area contributed by atoms with Gasteiger partial charge in [0.15, 0.2) is 5.51 Å². The summed E-state index contributed by atoms with van der Waals surface area (Å²) in [5.74, 6) is 0. The molecule has 0 atom stereocenters. The number of fused-ring (bicyclic) bond motifs is 1. The molecule has 3 rings (SSSR count). The first-order valence-electron chi connectivity index (χ1n) is 4.31. The molecule has 0 fully saturated rings. The van der Waals surface area contributed by atoms with Crippen molar-refractivity contribution in [1.82, 2.24) is 14.6 Å². The number of halogens is 1. The Balaban J connectivity index is 2.21. The molecule has 0 aliphatic carbocycles. The fourth-order valence-corrected chi connectivity index (χ4v) is 2.08. The standard InChI is InChI=1S/C10H5ClN3S/c11-8-3-1-7(2-4-8)9-5-12-10-14(9)13-6-15-10/h1-5H. The van der Waals surface area contributed by atoms with Gasteiger partial charge in [0.1, 0.15) is 0 Å². The zero-order chi connectivity index (χ0) is 10.3. The minimum Gasteiger partial charge on any atom is -0.225 e. The maximum absolute atomic E-state index is 5.83. The van der Waals surface area contributed by atoms with Crippen LogP contribution in [-0.4, -0.2) is 14.6 Å². The van der Waals surface area contributed by atoms with E-state index in [0.717, 1.165) is 21.2 Å². The van der Waals surface area contributed by atoms with Crippen LogP contribution in [0.4, 0.5) is 0 Å². The predicted octanol–water partition coefficient (Wildman–Crippen LogP) is 2.91. The van der Waals surface area contributed by atoms with Gasteiger partial charge in [0.25, 0.3) is 0 Å². The van der Waals surface area contributed by atoms with Gasteiger partial charge in [-0.1, -0.05) is 35.1 Å². The third kappa shape index (κ3) is 1.42. The SMILES string of the molecule is Clc1ccc(-c2cnc3s[c]nn23)cc1. The minimum absolute atomic E-state index is 0.726. The van der Waals surface area contributed by atoms with E-state index in [1.807, 2.05) is 24.3 Å². The maximum atomic E-state index is 5.83. The average Bonchev–Trinajstić information content (AvgIpc) is 2.80. The van der Waals surface area contributed by atoms with Crippen LogP contribution in [0.2, 0.25) is 5.02 Å². The van der Waals surface area contributed by atoms with Crippen LogP contribution in [0.3, 0.4) is 0 Å². The van der Waals surface area contributed by atoms with E-state index in [-0.39, 0.29) is 0 Å². The summed E-state index contributed by atoms with van der Waals surface area (Å²) in [6.07, 6.45) is 1.80. The van der Waals surface area contributed by atoms with Gasteiger partial charge in [0, 0.05) is 10.6 Å². The van der Waals surface area contributed by atoms with Crippen molar-refractivity contribution in [2.45, 2.75) is 0 Å². The number of rotatable bonds is 1. The van der Waals surface area contributed by atoms with Crippen molar-refractivity contribution in [2.24, 2.45) is 0 Å². The fourth-order valence-electron chi connectivity index (χ4n) is 1.41. The summed E-state index contributed by atoms with van der Waals surface area (Å²) in [6, 6.07) is 7.61. The Bertz CT molecular complexity index is 596. The smallest absolute Gasteiger partial charge is 0.213 e. The van der Waals surface area contributed by atoms with Gasteiger partial charge in [-0.05, 0) is 12.1 Å². The Hall–Kier alpha value is -1.39. The number of hydrogen-bond donors (Lipinski definition) is 0. The monoisotopic (exact) mass is 234 g/mol. The third-order valence-corrected chi connectivity index (χ3v) is 3.01. The molecule has 2 heterocycles. The zero-order valence-corrected chi connectivity index (χ0v) is 9.09. The van der Waals surface area contributed by atoms with Crippen LogP contribution in [0.15, 0.2) is 30.5 Å². The Morgan fingerprint density at radius 3 is 2.87 bits per heavy atom.